The summed E-state index contributed by atoms with van der Waals surface area (Å²) < 4.78 is 0.897. The Morgan fingerprint density at radius 3 is 2.88 bits per heavy atom. The second kappa shape index (κ2) is 5.16. The van der Waals surface area contributed by atoms with Gasteiger partial charge in [-0.25, -0.2) is 0 Å². The number of aliphatic hydroxyl groups excluding tert-OH is 1. The maximum atomic E-state index is 11.9. The molecule has 2 rings (SSSR count). The van der Waals surface area contributed by atoms with Gasteiger partial charge in [-0.1, -0.05) is 22.0 Å². The van der Waals surface area contributed by atoms with Gasteiger partial charge in [-0.05, 0) is 24.6 Å². The first-order valence-electron chi connectivity index (χ1n) is 5.55. The molecule has 5 heteroatoms. The minimum Gasteiger partial charge on any atom is -0.392 e. The third kappa shape index (κ3) is 2.51. The van der Waals surface area contributed by atoms with E-state index < -0.39 is 0 Å². The maximum absolute atomic E-state index is 11.9. The lowest BCUT2D eigenvalue weighted by Crippen LogP contribution is -2.26. The lowest BCUT2D eigenvalue weighted by Gasteiger charge is -2.20. The molecular weight excluding hydrogens is 284 g/mol. The van der Waals surface area contributed by atoms with Crippen LogP contribution in [-0.2, 0) is 11.4 Å². The zero-order chi connectivity index (χ0) is 12.4. The zero-order valence-corrected chi connectivity index (χ0v) is 11.0. The molecule has 1 amide bonds. The summed E-state index contributed by atoms with van der Waals surface area (Å²) in [6.07, 6.45) is 0.494. The number of nitrogens with zero attached hydrogens (tertiary/aromatic N) is 1. The highest BCUT2D eigenvalue weighted by Crippen LogP contribution is 2.30. The van der Waals surface area contributed by atoms with Gasteiger partial charge in [0.2, 0.25) is 5.91 Å². The number of hydrogen-bond donors (Lipinski definition) is 2. The summed E-state index contributed by atoms with van der Waals surface area (Å²) in [6, 6.07) is 5.54. The SMILES string of the molecule is NCC1CC(=O)N(c2cc(Br)ccc2CO)C1. The van der Waals surface area contributed by atoms with Crippen molar-refractivity contribution < 1.29 is 9.90 Å². The van der Waals surface area contributed by atoms with Crippen molar-refractivity contribution >= 4 is 27.5 Å². The number of hydrogen-bond acceptors (Lipinski definition) is 3. The highest BCUT2D eigenvalue weighted by Gasteiger charge is 2.30. The lowest BCUT2D eigenvalue weighted by atomic mass is 10.1. The van der Waals surface area contributed by atoms with E-state index in [1.807, 2.05) is 18.2 Å². The molecule has 4 nitrogen and oxygen atoms in total. The molecule has 17 heavy (non-hydrogen) atoms. The Kier molecular flexibility index (Phi) is 3.81. The normalized spacial score (nSPS) is 20.1. The monoisotopic (exact) mass is 298 g/mol. The summed E-state index contributed by atoms with van der Waals surface area (Å²) in [5.74, 6) is 0.293. The fourth-order valence-corrected chi connectivity index (χ4v) is 2.44. The fraction of sp³-hybridized carbons (Fsp3) is 0.417. The highest BCUT2D eigenvalue weighted by molar-refractivity contribution is 9.10. The molecule has 1 fully saturated rings. The molecule has 0 aliphatic carbocycles. The van der Waals surface area contributed by atoms with Crippen LogP contribution in [0.25, 0.3) is 0 Å². The number of benzene rings is 1. The molecule has 1 atom stereocenters. The summed E-state index contributed by atoms with van der Waals surface area (Å²) in [7, 11) is 0. The molecule has 3 N–H and O–H groups in total. The van der Waals surface area contributed by atoms with Crippen LogP contribution < -0.4 is 10.6 Å². The van der Waals surface area contributed by atoms with Crippen LogP contribution in [-0.4, -0.2) is 24.1 Å². The average molecular weight is 299 g/mol. The largest absolute Gasteiger partial charge is 0.392 e. The molecule has 0 aromatic heterocycles. The van der Waals surface area contributed by atoms with E-state index in [1.165, 1.54) is 0 Å². The van der Waals surface area contributed by atoms with Crippen molar-refractivity contribution in [3.05, 3.63) is 28.2 Å². The predicted molar refractivity (Wildman–Crippen MR) is 69.6 cm³/mol. The number of carbonyl (C=O) groups is 1. The van der Waals surface area contributed by atoms with E-state index in [2.05, 4.69) is 15.9 Å². The third-order valence-electron chi connectivity index (χ3n) is 3.05. The Balaban J connectivity index is 2.33. The summed E-state index contributed by atoms with van der Waals surface area (Å²) in [5, 5.41) is 9.30. The van der Waals surface area contributed by atoms with Crippen molar-refractivity contribution in [2.24, 2.45) is 11.7 Å². The van der Waals surface area contributed by atoms with Gasteiger partial charge in [0.05, 0.1) is 12.3 Å². The quantitative estimate of drug-likeness (QED) is 0.883. The Labute approximate surface area is 109 Å². The van der Waals surface area contributed by atoms with Crippen LogP contribution in [0.4, 0.5) is 5.69 Å². The van der Waals surface area contributed by atoms with Gasteiger partial charge < -0.3 is 15.7 Å². The van der Waals surface area contributed by atoms with Gasteiger partial charge in [-0.2, -0.15) is 0 Å². The molecule has 1 saturated heterocycles. The number of aliphatic hydroxyl groups is 1. The first-order valence-corrected chi connectivity index (χ1v) is 6.34. The van der Waals surface area contributed by atoms with Crippen LogP contribution in [0.3, 0.4) is 0 Å². The molecule has 1 heterocycles. The van der Waals surface area contributed by atoms with Crippen molar-refractivity contribution in [2.45, 2.75) is 13.0 Å². The molecule has 1 aliphatic rings. The Hall–Kier alpha value is -0.910. The molecule has 0 bridgehead atoms. The topological polar surface area (TPSA) is 66.6 Å². The Bertz CT molecular complexity index is 437. The van der Waals surface area contributed by atoms with Gasteiger partial charge in [0.15, 0.2) is 0 Å². The Morgan fingerprint density at radius 1 is 1.53 bits per heavy atom. The van der Waals surface area contributed by atoms with E-state index in [0.29, 0.717) is 19.5 Å². The summed E-state index contributed by atoms with van der Waals surface area (Å²) >= 11 is 3.38. The van der Waals surface area contributed by atoms with Crippen molar-refractivity contribution in [1.29, 1.82) is 0 Å². The minimum absolute atomic E-state index is 0.0698. The second-order valence-electron chi connectivity index (χ2n) is 4.24. The average Bonchev–Trinajstić information content (AvgIpc) is 2.70. The van der Waals surface area contributed by atoms with E-state index in [1.54, 1.807) is 4.90 Å². The van der Waals surface area contributed by atoms with E-state index in [4.69, 9.17) is 5.73 Å². The van der Waals surface area contributed by atoms with E-state index >= 15 is 0 Å². The van der Waals surface area contributed by atoms with E-state index in [0.717, 1.165) is 15.7 Å². The van der Waals surface area contributed by atoms with Crippen LogP contribution in [0.1, 0.15) is 12.0 Å². The molecule has 0 radical (unpaired) electrons. The fourth-order valence-electron chi connectivity index (χ4n) is 2.09. The molecule has 1 unspecified atom stereocenters. The summed E-state index contributed by atoms with van der Waals surface area (Å²) in [6.45, 7) is 1.09. The van der Waals surface area contributed by atoms with Crippen molar-refractivity contribution in [1.82, 2.24) is 0 Å². The molecule has 1 aromatic carbocycles. The lowest BCUT2D eigenvalue weighted by molar-refractivity contribution is -0.117. The first kappa shape index (κ1) is 12.5. The number of amides is 1. The molecular formula is C12H15BrN2O2. The molecule has 1 aliphatic heterocycles. The summed E-state index contributed by atoms with van der Waals surface area (Å²) in [5.41, 5.74) is 7.14. The molecule has 92 valence electrons. The predicted octanol–water partition coefficient (Wildman–Crippen LogP) is 1.25. The van der Waals surface area contributed by atoms with Gasteiger partial charge in [0, 0.05) is 23.0 Å². The van der Waals surface area contributed by atoms with Crippen molar-refractivity contribution in [2.75, 3.05) is 18.0 Å². The van der Waals surface area contributed by atoms with Gasteiger partial charge in [-0.3, -0.25) is 4.79 Å². The Morgan fingerprint density at radius 2 is 2.29 bits per heavy atom. The van der Waals surface area contributed by atoms with E-state index in [-0.39, 0.29) is 18.4 Å². The minimum atomic E-state index is -0.0698. The smallest absolute Gasteiger partial charge is 0.227 e. The second-order valence-corrected chi connectivity index (χ2v) is 5.16. The third-order valence-corrected chi connectivity index (χ3v) is 3.54. The van der Waals surface area contributed by atoms with Crippen molar-refractivity contribution in [3.8, 4) is 0 Å². The summed E-state index contributed by atoms with van der Waals surface area (Å²) in [4.78, 5) is 13.6. The van der Waals surface area contributed by atoms with Crippen LogP contribution >= 0.6 is 15.9 Å². The molecule has 0 spiro atoms. The number of halogens is 1. The molecule has 1 aromatic rings. The zero-order valence-electron chi connectivity index (χ0n) is 9.40. The molecule has 0 saturated carbocycles. The number of anilines is 1. The van der Waals surface area contributed by atoms with Gasteiger partial charge in [-0.15, -0.1) is 0 Å². The van der Waals surface area contributed by atoms with Gasteiger partial charge in [0.25, 0.3) is 0 Å². The number of carbonyl (C=O) groups excluding carboxylic acids is 1. The van der Waals surface area contributed by atoms with Crippen LogP contribution in [0.5, 0.6) is 0 Å². The van der Waals surface area contributed by atoms with Crippen LogP contribution in [0.15, 0.2) is 22.7 Å². The van der Waals surface area contributed by atoms with Gasteiger partial charge in [0.1, 0.15) is 0 Å². The van der Waals surface area contributed by atoms with Crippen LogP contribution in [0, 0.1) is 5.92 Å². The number of nitrogens with two attached hydrogens (primary N) is 1. The standard InChI is InChI=1S/C12H15BrN2O2/c13-10-2-1-9(7-16)11(4-10)15-6-8(5-14)3-12(15)17/h1-2,4,8,16H,3,5-7,14H2. The van der Waals surface area contributed by atoms with Crippen molar-refractivity contribution in [3.63, 3.8) is 0 Å². The van der Waals surface area contributed by atoms with Gasteiger partial charge >= 0.3 is 0 Å². The highest BCUT2D eigenvalue weighted by atomic mass is 79.9. The first-order chi connectivity index (χ1) is 8.15. The van der Waals surface area contributed by atoms with E-state index in [9.17, 15) is 9.90 Å². The van der Waals surface area contributed by atoms with Crippen LogP contribution in [0.2, 0.25) is 0 Å². The maximum Gasteiger partial charge on any atom is 0.227 e. The number of rotatable bonds is 3.